The molecule has 0 aliphatic carbocycles. The molecule has 0 fully saturated rings. The SMILES string of the molecule is C=CC(OC)c1nc2nc3nc([nH]c13)[PH]2=O. The zero-order chi connectivity index (χ0) is 11.3. The van der Waals surface area contributed by atoms with Gasteiger partial charge in [-0.15, -0.1) is 6.58 Å². The van der Waals surface area contributed by atoms with Crippen LogP contribution in [0.25, 0.3) is 11.2 Å². The Bertz CT molecular complexity index is 621. The second-order valence-corrected chi connectivity index (χ2v) is 5.02. The molecule has 2 aromatic heterocycles. The summed E-state index contributed by atoms with van der Waals surface area (Å²) in [5, 5.41) is 0. The van der Waals surface area contributed by atoms with E-state index < -0.39 is 7.80 Å². The van der Waals surface area contributed by atoms with Crippen LogP contribution in [0.15, 0.2) is 12.7 Å². The van der Waals surface area contributed by atoms with E-state index in [0.717, 1.165) is 0 Å². The summed E-state index contributed by atoms with van der Waals surface area (Å²) in [4.78, 5) is 15.4. The molecular weight excluding hydrogens is 227 g/mol. The predicted octanol–water partition coefficient (Wildman–Crippen LogP) is 0.0503. The van der Waals surface area contributed by atoms with Crippen LogP contribution in [-0.2, 0) is 9.30 Å². The van der Waals surface area contributed by atoms with Crippen molar-refractivity contribution < 1.29 is 9.30 Å². The maximum atomic E-state index is 11.8. The van der Waals surface area contributed by atoms with Gasteiger partial charge in [0.25, 0.3) is 0 Å². The van der Waals surface area contributed by atoms with Crippen LogP contribution in [0.4, 0.5) is 0 Å². The summed E-state index contributed by atoms with van der Waals surface area (Å²) in [5.41, 5.74) is 2.69. The summed E-state index contributed by atoms with van der Waals surface area (Å²) in [6.45, 7) is 3.68. The fraction of sp³-hybridized carbons (Fsp3) is 0.222. The third kappa shape index (κ3) is 1.11. The number of ether oxygens (including phenoxy) is 1. The maximum absolute atomic E-state index is 11.8. The molecule has 1 aliphatic heterocycles. The molecule has 1 aliphatic rings. The van der Waals surface area contributed by atoms with E-state index in [-0.39, 0.29) is 6.10 Å². The average Bonchev–Trinajstić information content (AvgIpc) is 2.63. The number of hydrogen-bond donors (Lipinski definition) is 1. The van der Waals surface area contributed by atoms with E-state index in [1.165, 1.54) is 0 Å². The lowest BCUT2D eigenvalue weighted by Crippen LogP contribution is -2.20. The molecule has 2 unspecified atom stereocenters. The van der Waals surface area contributed by atoms with Crippen LogP contribution >= 0.6 is 7.80 Å². The van der Waals surface area contributed by atoms with Crippen LogP contribution in [-0.4, -0.2) is 27.0 Å². The first kappa shape index (κ1) is 9.69. The Labute approximate surface area is 91.6 Å². The molecule has 82 valence electrons. The number of aromatic nitrogens is 4. The van der Waals surface area contributed by atoms with Crippen molar-refractivity contribution in [1.29, 1.82) is 0 Å². The van der Waals surface area contributed by atoms with Crippen molar-refractivity contribution in [2.24, 2.45) is 0 Å². The van der Waals surface area contributed by atoms with Crippen LogP contribution in [0.3, 0.4) is 0 Å². The first-order valence-corrected chi connectivity index (χ1v) is 6.13. The summed E-state index contributed by atoms with van der Waals surface area (Å²) in [5.74, 6) is 0. The highest BCUT2D eigenvalue weighted by atomic mass is 31.1. The van der Waals surface area contributed by atoms with Gasteiger partial charge in [0.1, 0.15) is 17.3 Å². The molecule has 6 nitrogen and oxygen atoms in total. The number of nitrogens with zero attached hydrogens (tertiary/aromatic N) is 3. The summed E-state index contributed by atoms with van der Waals surface area (Å²) in [6, 6.07) is 0. The van der Waals surface area contributed by atoms with E-state index in [4.69, 9.17) is 4.74 Å². The summed E-state index contributed by atoms with van der Waals surface area (Å²) < 4.78 is 17.1. The minimum absolute atomic E-state index is 0.342. The number of rotatable bonds is 3. The van der Waals surface area contributed by atoms with Gasteiger partial charge in [0.05, 0.1) is 0 Å². The lowest BCUT2D eigenvalue weighted by Gasteiger charge is -2.10. The molecule has 0 amide bonds. The van der Waals surface area contributed by atoms with Crippen molar-refractivity contribution in [1.82, 2.24) is 19.9 Å². The standard InChI is InChI=1S/C9H9N4O2P/c1-3-4(15-2)5-6-7-12-8(10-5)16(14)9(11-6)13-7/h3-4,16H,1H2,2H3,(H,10,11,12,13). The number of aromatic amines is 1. The van der Waals surface area contributed by atoms with Gasteiger partial charge in [-0.3, -0.25) is 0 Å². The van der Waals surface area contributed by atoms with Gasteiger partial charge in [-0.2, -0.15) is 0 Å². The molecule has 0 aromatic carbocycles. The Kier molecular flexibility index (Phi) is 1.96. The Hall–Kier alpha value is -1.52. The van der Waals surface area contributed by atoms with Crippen molar-refractivity contribution in [3.05, 3.63) is 18.3 Å². The fourth-order valence-electron chi connectivity index (χ4n) is 1.76. The number of methoxy groups -OCH3 is 1. The van der Waals surface area contributed by atoms with Crippen LogP contribution < -0.4 is 11.1 Å². The Morgan fingerprint density at radius 1 is 1.50 bits per heavy atom. The molecular formula is C9H9N4O2P. The molecule has 0 saturated carbocycles. The number of nitrogens with one attached hydrogen (secondary N) is 1. The first-order valence-electron chi connectivity index (χ1n) is 4.72. The van der Waals surface area contributed by atoms with Crippen molar-refractivity contribution in [3.8, 4) is 0 Å². The molecule has 16 heavy (non-hydrogen) atoms. The molecule has 3 heterocycles. The largest absolute Gasteiger partial charge is 0.371 e. The third-order valence-corrected chi connectivity index (χ3v) is 3.83. The molecule has 3 bridgehead atoms. The lowest BCUT2D eigenvalue weighted by atomic mass is 10.2. The van der Waals surface area contributed by atoms with Gasteiger partial charge in [-0.1, -0.05) is 6.08 Å². The van der Waals surface area contributed by atoms with Crippen LogP contribution in [0.5, 0.6) is 0 Å². The van der Waals surface area contributed by atoms with Crippen LogP contribution in [0, 0.1) is 0 Å². The third-order valence-electron chi connectivity index (χ3n) is 2.53. The van der Waals surface area contributed by atoms with Gasteiger partial charge in [0, 0.05) is 7.11 Å². The fourth-order valence-corrected chi connectivity index (χ4v) is 2.85. The van der Waals surface area contributed by atoms with E-state index in [1.807, 2.05) is 0 Å². The first-order chi connectivity index (χ1) is 7.74. The normalized spacial score (nSPS) is 19.4. The highest BCUT2D eigenvalue weighted by molar-refractivity contribution is 7.60. The highest BCUT2D eigenvalue weighted by Crippen LogP contribution is 2.28. The van der Waals surface area contributed by atoms with E-state index in [2.05, 4.69) is 26.5 Å². The van der Waals surface area contributed by atoms with Gasteiger partial charge in [-0.25, -0.2) is 15.0 Å². The highest BCUT2D eigenvalue weighted by Gasteiger charge is 2.27. The van der Waals surface area contributed by atoms with Crippen LogP contribution in [0.1, 0.15) is 11.8 Å². The van der Waals surface area contributed by atoms with E-state index >= 15 is 0 Å². The minimum Gasteiger partial charge on any atom is -0.371 e. The van der Waals surface area contributed by atoms with E-state index in [0.29, 0.717) is 28.0 Å². The summed E-state index contributed by atoms with van der Waals surface area (Å²) in [7, 11) is -0.582. The second-order valence-electron chi connectivity index (χ2n) is 3.44. The average molecular weight is 236 g/mol. The Balaban J connectivity index is 2.34. The molecule has 0 spiro atoms. The number of hydrogen-bond acceptors (Lipinski definition) is 5. The molecule has 0 radical (unpaired) electrons. The van der Waals surface area contributed by atoms with E-state index in [9.17, 15) is 4.57 Å². The van der Waals surface area contributed by atoms with Crippen LogP contribution in [0.2, 0.25) is 0 Å². The van der Waals surface area contributed by atoms with Gasteiger partial charge < -0.3 is 14.3 Å². The molecule has 0 saturated heterocycles. The van der Waals surface area contributed by atoms with Crippen molar-refractivity contribution in [3.63, 3.8) is 0 Å². The Morgan fingerprint density at radius 3 is 3.00 bits per heavy atom. The molecule has 2 aromatic rings. The van der Waals surface area contributed by atoms with Gasteiger partial charge >= 0.3 is 0 Å². The summed E-state index contributed by atoms with van der Waals surface area (Å²) in [6.07, 6.45) is 1.29. The number of fused-ring (bicyclic) bond motifs is 2. The zero-order valence-electron chi connectivity index (χ0n) is 8.52. The smallest absolute Gasteiger partial charge is 0.201 e. The van der Waals surface area contributed by atoms with Crippen molar-refractivity contribution >= 4 is 30.1 Å². The van der Waals surface area contributed by atoms with Crippen molar-refractivity contribution in [2.45, 2.75) is 6.10 Å². The summed E-state index contributed by atoms with van der Waals surface area (Å²) >= 11 is 0. The molecule has 3 rings (SSSR count). The monoisotopic (exact) mass is 236 g/mol. The zero-order valence-corrected chi connectivity index (χ0v) is 9.52. The van der Waals surface area contributed by atoms with Crippen molar-refractivity contribution in [2.75, 3.05) is 7.11 Å². The van der Waals surface area contributed by atoms with Gasteiger partial charge in [-0.05, 0) is 0 Å². The molecule has 7 heteroatoms. The Morgan fingerprint density at radius 2 is 2.31 bits per heavy atom. The quantitative estimate of drug-likeness (QED) is 0.513. The lowest BCUT2D eigenvalue weighted by molar-refractivity contribution is 0.141. The predicted molar refractivity (Wildman–Crippen MR) is 59.9 cm³/mol. The maximum Gasteiger partial charge on any atom is 0.201 e. The van der Waals surface area contributed by atoms with Gasteiger partial charge in [0.15, 0.2) is 16.8 Å². The topological polar surface area (TPSA) is 80.8 Å². The molecule has 2 atom stereocenters. The number of H-pyrrole nitrogens is 1. The van der Waals surface area contributed by atoms with Gasteiger partial charge in [0.2, 0.25) is 7.80 Å². The second kappa shape index (κ2) is 3.23. The van der Waals surface area contributed by atoms with E-state index in [1.54, 1.807) is 13.2 Å². The molecule has 1 N–H and O–H groups in total. The number of imidazole rings is 1. The minimum atomic E-state index is -2.15.